The number of nitrogens with zero attached hydrogens (tertiary/aromatic N) is 1. The molecule has 1 heterocycles. The third-order valence-corrected chi connectivity index (χ3v) is 5.21. The lowest BCUT2D eigenvalue weighted by molar-refractivity contribution is -0.135. The number of nitriles is 1. The largest absolute Gasteiger partial charge is 0.465 e. The average Bonchev–Trinajstić information content (AvgIpc) is 2.84. The Morgan fingerprint density at radius 2 is 1.81 bits per heavy atom. The number of hydrogen-bond donors (Lipinski definition) is 1. The first-order valence-corrected chi connectivity index (χ1v) is 10.1. The Bertz CT molecular complexity index is 1300. The van der Waals surface area contributed by atoms with Gasteiger partial charge in [0.15, 0.2) is 5.43 Å². The van der Waals surface area contributed by atoms with Crippen LogP contribution < -0.4 is 10.2 Å². The van der Waals surface area contributed by atoms with E-state index in [1.165, 1.54) is 13.2 Å². The van der Waals surface area contributed by atoms with Crippen molar-refractivity contribution in [3.8, 4) is 28.8 Å². The first kappa shape index (κ1) is 20.9. The highest BCUT2D eigenvalue weighted by Gasteiger charge is 2.19. The molecular weight excluding hydrogens is 404 g/mol. The van der Waals surface area contributed by atoms with E-state index in [0.717, 1.165) is 5.75 Å². The molecular formula is C26H20N2O4. The summed E-state index contributed by atoms with van der Waals surface area (Å²) in [4.78, 5) is 27.6. The van der Waals surface area contributed by atoms with Crippen molar-refractivity contribution in [2.24, 2.45) is 0 Å². The SMILES string of the molecule is COC(=O)C1=CCC(c2cc(=O)c(C#N)c(-c3ccc(Oc4ccccc4)cc3)[nH]2)C=C1. The van der Waals surface area contributed by atoms with E-state index < -0.39 is 5.97 Å². The fourth-order valence-corrected chi connectivity index (χ4v) is 3.54. The minimum atomic E-state index is -0.397. The Morgan fingerprint density at radius 1 is 1.09 bits per heavy atom. The molecule has 1 aliphatic rings. The van der Waals surface area contributed by atoms with Crippen molar-refractivity contribution in [2.75, 3.05) is 7.11 Å². The molecule has 1 aromatic heterocycles. The van der Waals surface area contributed by atoms with Gasteiger partial charge in [-0.2, -0.15) is 5.26 Å². The number of hydrogen-bond acceptors (Lipinski definition) is 5. The highest BCUT2D eigenvalue weighted by atomic mass is 16.5. The van der Waals surface area contributed by atoms with E-state index in [4.69, 9.17) is 9.47 Å². The van der Waals surface area contributed by atoms with E-state index in [1.54, 1.807) is 36.4 Å². The molecule has 2 aromatic carbocycles. The van der Waals surface area contributed by atoms with E-state index in [2.05, 4.69) is 4.98 Å². The molecule has 0 radical (unpaired) electrons. The van der Waals surface area contributed by atoms with Crippen molar-refractivity contribution in [3.05, 3.63) is 106 Å². The maximum Gasteiger partial charge on any atom is 0.337 e. The lowest BCUT2D eigenvalue weighted by atomic mass is 9.92. The Hall–Kier alpha value is -4.37. The number of esters is 1. The van der Waals surface area contributed by atoms with Gasteiger partial charge in [-0.1, -0.05) is 36.4 Å². The van der Waals surface area contributed by atoms with Crippen molar-refractivity contribution in [1.29, 1.82) is 5.26 Å². The summed E-state index contributed by atoms with van der Waals surface area (Å²) in [5, 5.41) is 9.56. The first-order valence-electron chi connectivity index (χ1n) is 10.1. The van der Waals surface area contributed by atoms with E-state index in [1.807, 2.05) is 42.5 Å². The summed E-state index contributed by atoms with van der Waals surface area (Å²) in [6.45, 7) is 0. The maximum atomic E-state index is 12.7. The second-order valence-corrected chi connectivity index (χ2v) is 7.24. The lowest BCUT2D eigenvalue weighted by Gasteiger charge is -2.17. The van der Waals surface area contributed by atoms with Gasteiger partial charge >= 0.3 is 5.97 Å². The number of nitrogens with one attached hydrogen (secondary N) is 1. The van der Waals surface area contributed by atoms with Gasteiger partial charge in [-0.3, -0.25) is 4.79 Å². The zero-order valence-electron chi connectivity index (χ0n) is 17.4. The molecule has 3 aromatic rings. The second-order valence-electron chi connectivity index (χ2n) is 7.24. The molecule has 158 valence electrons. The van der Waals surface area contributed by atoms with Crippen LogP contribution in [0, 0.1) is 11.3 Å². The molecule has 1 unspecified atom stereocenters. The van der Waals surface area contributed by atoms with Gasteiger partial charge in [0.1, 0.15) is 23.1 Å². The van der Waals surface area contributed by atoms with Crippen LogP contribution in [0.4, 0.5) is 0 Å². The number of pyridine rings is 1. The third-order valence-electron chi connectivity index (χ3n) is 5.21. The molecule has 0 bridgehead atoms. The number of carbonyl (C=O) groups is 1. The molecule has 1 atom stereocenters. The molecule has 0 spiro atoms. The minimum absolute atomic E-state index is 0.0519. The summed E-state index contributed by atoms with van der Waals surface area (Å²) in [5.41, 5.74) is 2.01. The Morgan fingerprint density at radius 3 is 2.44 bits per heavy atom. The predicted molar refractivity (Wildman–Crippen MR) is 120 cm³/mol. The monoisotopic (exact) mass is 424 g/mol. The molecule has 0 fully saturated rings. The zero-order valence-corrected chi connectivity index (χ0v) is 17.4. The van der Waals surface area contributed by atoms with Crippen LogP contribution in [0.2, 0.25) is 0 Å². The van der Waals surface area contributed by atoms with Crippen LogP contribution in [0.5, 0.6) is 11.5 Å². The standard InChI is InChI=1S/C26H20N2O4/c1-31-26(30)19-9-7-17(8-10-19)23-15-24(29)22(16-27)25(28-23)18-11-13-21(14-12-18)32-20-5-3-2-4-6-20/h2-7,9-15,17H,8H2,1H3,(H,28,29). The predicted octanol–water partition coefficient (Wildman–Crippen LogP) is 4.85. The summed E-state index contributed by atoms with van der Waals surface area (Å²) in [6.07, 6.45) is 5.85. The average molecular weight is 424 g/mol. The Labute approximate surface area is 185 Å². The van der Waals surface area contributed by atoms with Crippen molar-refractivity contribution in [3.63, 3.8) is 0 Å². The van der Waals surface area contributed by atoms with Gasteiger partial charge in [-0.15, -0.1) is 0 Å². The third kappa shape index (κ3) is 4.37. The van der Waals surface area contributed by atoms with Crippen molar-refractivity contribution < 1.29 is 14.3 Å². The van der Waals surface area contributed by atoms with Crippen LogP contribution in [0.15, 0.2) is 89.3 Å². The quantitative estimate of drug-likeness (QED) is 0.591. The van der Waals surface area contributed by atoms with Crippen LogP contribution in [-0.4, -0.2) is 18.1 Å². The van der Waals surface area contributed by atoms with E-state index in [0.29, 0.717) is 34.7 Å². The number of aromatic amines is 1. The Kier molecular flexibility index (Phi) is 6.00. The van der Waals surface area contributed by atoms with Gasteiger partial charge in [0.2, 0.25) is 0 Å². The molecule has 32 heavy (non-hydrogen) atoms. The van der Waals surface area contributed by atoms with E-state index in [-0.39, 0.29) is 16.9 Å². The van der Waals surface area contributed by atoms with E-state index in [9.17, 15) is 14.9 Å². The molecule has 0 saturated heterocycles. The van der Waals surface area contributed by atoms with Crippen LogP contribution in [0.3, 0.4) is 0 Å². The molecule has 1 N–H and O–H groups in total. The van der Waals surface area contributed by atoms with Crippen LogP contribution in [0.1, 0.15) is 23.6 Å². The zero-order chi connectivity index (χ0) is 22.5. The fourth-order valence-electron chi connectivity index (χ4n) is 3.54. The number of rotatable bonds is 5. The summed E-state index contributed by atoms with van der Waals surface area (Å²) in [7, 11) is 1.34. The molecule has 0 amide bonds. The second kappa shape index (κ2) is 9.19. The topological polar surface area (TPSA) is 92.2 Å². The fraction of sp³-hybridized carbons (Fsp3) is 0.115. The number of aromatic nitrogens is 1. The van der Waals surface area contributed by atoms with Crippen LogP contribution in [0.25, 0.3) is 11.3 Å². The number of H-pyrrole nitrogens is 1. The van der Waals surface area contributed by atoms with Crippen molar-refractivity contribution in [1.82, 2.24) is 4.98 Å². The Balaban J connectivity index is 1.63. The summed E-state index contributed by atoms with van der Waals surface area (Å²) in [6, 6.07) is 20.1. The number of carbonyl (C=O) groups excluding carboxylic acids is 1. The highest BCUT2D eigenvalue weighted by Crippen LogP contribution is 2.29. The van der Waals surface area contributed by atoms with Gasteiger partial charge < -0.3 is 14.5 Å². The highest BCUT2D eigenvalue weighted by molar-refractivity contribution is 5.91. The first-order chi connectivity index (χ1) is 15.6. The molecule has 6 heteroatoms. The molecule has 1 aliphatic carbocycles. The van der Waals surface area contributed by atoms with Gasteiger partial charge in [0.25, 0.3) is 0 Å². The summed E-state index contributed by atoms with van der Waals surface area (Å²) in [5.74, 6) is 0.847. The van der Waals surface area contributed by atoms with Gasteiger partial charge in [-0.25, -0.2) is 4.79 Å². The normalized spacial score (nSPS) is 14.9. The van der Waals surface area contributed by atoms with E-state index >= 15 is 0 Å². The smallest absolute Gasteiger partial charge is 0.337 e. The summed E-state index contributed by atoms with van der Waals surface area (Å²) >= 11 is 0. The van der Waals surface area contributed by atoms with Crippen molar-refractivity contribution >= 4 is 5.97 Å². The number of benzene rings is 2. The van der Waals surface area contributed by atoms with Gasteiger partial charge in [0.05, 0.1) is 18.4 Å². The molecule has 6 nitrogen and oxygen atoms in total. The molecule has 0 aliphatic heterocycles. The number of methoxy groups -OCH3 is 1. The lowest BCUT2D eigenvalue weighted by Crippen LogP contribution is -2.14. The number of allylic oxidation sites excluding steroid dienone is 2. The summed E-state index contributed by atoms with van der Waals surface area (Å²) < 4.78 is 10.6. The van der Waals surface area contributed by atoms with Crippen molar-refractivity contribution in [2.45, 2.75) is 12.3 Å². The van der Waals surface area contributed by atoms with Crippen LogP contribution >= 0.6 is 0 Å². The molecule has 4 rings (SSSR count). The van der Waals surface area contributed by atoms with Gasteiger partial charge in [-0.05, 0) is 48.4 Å². The minimum Gasteiger partial charge on any atom is -0.465 e. The number of para-hydroxylation sites is 1. The molecule has 0 saturated carbocycles. The maximum absolute atomic E-state index is 12.7. The van der Waals surface area contributed by atoms with Crippen LogP contribution in [-0.2, 0) is 9.53 Å². The van der Waals surface area contributed by atoms with Gasteiger partial charge in [0, 0.05) is 17.7 Å². The number of ether oxygens (including phenoxy) is 2.